The Balaban J connectivity index is 2.03. The summed E-state index contributed by atoms with van der Waals surface area (Å²) < 4.78 is 5.28. The van der Waals surface area contributed by atoms with Crippen LogP contribution in [0.1, 0.15) is 19.3 Å². The van der Waals surface area contributed by atoms with Gasteiger partial charge in [0, 0.05) is 20.2 Å². The molecule has 1 aliphatic heterocycles. The van der Waals surface area contributed by atoms with Crippen molar-refractivity contribution in [2.45, 2.75) is 25.4 Å². The van der Waals surface area contributed by atoms with E-state index in [2.05, 4.69) is 4.90 Å². The standard InChI is InChI=1S/C9H20N2O/c1-12-9-4-7-11(8-9)6-3-2-5-10/h9H,2-8,10H2,1H3. The summed E-state index contributed by atoms with van der Waals surface area (Å²) in [6.07, 6.45) is 4.04. The van der Waals surface area contributed by atoms with Gasteiger partial charge in [-0.2, -0.15) is 0 Å². The van der Waals surface area contributed by atoms with Crippen LogP contribution < -0.4 is 5.73 Å². The van der Waals surface area contributed by atoms with Crippen molar-refractivity contribution in [3.8, 4) is 0 Å². The van der Waals surface area contributed by atoms with E-state index >= 15 is 0 Å². The Labute approximate surface area is 74.9 Å². The number of hydrogen-bond donors (Lipinski definition) is 1. The average Bonchev–Trinajstić information content (AvgIpc) is 2.53. The molecule has 72 valence electrons. The minimum atomic E-state index is 0.475. The van der Waals surface area contributed by atoms with Crippen molar-refractivity contribution in [1.29, 1.82) is 0 Å². The molecule has 0 aromatic heterocycles. The summed E-state index contributed by atoms with van der Waals surface area (Å²) >= 11 is 0. The average molecular weight is 172 g/mol. The lowest BCUT2D eigenvalue weighted by molar-refractivity contribution is 0.108. The van der Waals surface area contributed by atoms with Gasteiger partial charge >= 0.3 is 0 Å². The molecule has 2 N–H and O–H groups in total. The minimum absolute atomic E-state index is 0.475. The third-order valence-corrected chi connectivity index (χ3v) is 2.49. The molecule has 0 aromatic rings. The monoisotopic (exact) mass is 172 g/mol. The normalized spacial score (nSPS) is 25.0. The summed E-state index contributed by atoms with van der Waals surface area (Å²) in [5.41, 5.74) is 5.42. The van der Waals surface area contributed by atoms with Crippen molar-refractivity contribution >= 4 is 0 Å². The van der Waals surface area contributed by atoms with Gasteiger partial charge in [-0.25, -0.2) is 0 Å². The molecule has 1 aliphatic rings. The Hall–Kier alpha value is -0.120. The number of likely N-dealkylation sites (tertiary alicyclic amines) is 1. The first kappa shape index (κ1) is 9.96. The molecule has 1 heterocycles. The molecule has 3 nitrogen and oxygen atoms in total. The fraction of sp³-hybridized carbons (Fsp3) is 1.00. The van der Waals surface area contributed by atoms with Gasteiger partial charge in [0.1, 0.15) is 0 Å². The highest BCUT2D eigenvalue weighted by Crippen LogP contribution is 2.11. The van der Waals surface area contributed by atoms with Crippen molar-refractivity contribution in [1.82, 2.24) is 4.90 Å². The second-order valence-corrected chi connectivity index (χ2v) is 3.44. The van der Waals surface area contributed by atoms with Crippen molar-refractivity contribution in [2.75, 3.05) is 33.3 Å². The molecule has 1 rings (SSSR count). The summed E-state index contributed by atoms with van der Waals surface area (Å²) in [5.74, 6) is 0. The third kappa shape index (κ3) is 3.09. The van der Waals surface area contributed by atoms with Gasteiger partial charge in [-0.15, -0.1) is 0 Å². The first-order chi connectivity index (χ1) is 5.86. The van der Waals surface area contributed by atoms with Gasteiger partial charge in [0.2, 0.25) is 0 Å². The Morgan fingerprint density at radius 3 is 2.92 bits per heavy atom. The van der Waals surface area contributed by atoms with Gasteiger partial charge in [-0.05, 0) is 32.4 Å². The van der Waals surface area contributed by atoms with E-state index in [1.165, 1.54) is 25.9 Å². The Bertz CT molecular complexity index is 119. The molecule has 12 heavy (non-hydrogen) atoms. The van der Waals surface area contributed by atoms with Crippen LogP contribution >= 0.6 is 0 Å². The second kappa shape index (κ2) is 5.51. The fourth-order valence-corrected chi connectivity index (χ4v) is 1.67. The van der Waals surface area contributed by atoms with Crippen LogP contribution in [0.15, 0.2) is 0 Å². The van der Waals surface area contributed by atoms with Crippen molar-refractivity contribution in [3.05, 3.63) is 0 Å². The van der Waals surface area contributed by atoms with Gasteiger partial charge in [0.05, 0.1) is 6.10 Å². The molecule has 1 unspecified atom stereocenters. The lowest BCUT2D eigenvalue weighted by Gasteiger charge is -2.14. The van der Waals surface area contributed by atoms with E-state index in [1.807, 2.05) is 0 Å². The summed E-state index contributed by atoms with van der Waals surface area (Å²) in [6, 6.07) is 0. The zero-order valence-electron chi connectivity index (χ0n) is 7.96. The SMILES string of the molecule is COC1CCN(CCCCN)C1. The van der Waals surface area contributed by atoms with E-state index in [0.717, 1.165) is 19.5 Å². The molecule has 1 atom stereocenters. The number of ether oxygens (including phenoxy) is 1. The maximum Gasteiger partial charge on any atom is 0.0710 e. The van der Waals surface area contributed by atoms with Crippen molar-refractivity contribution in [3.63, 3.8) is 0 Å². The largest absolute Gasteiger partial charge is 0.380 e. The van der Waals surface area contributed by atoms with Crippen molar-refractivity contribution in [2.24, 2.45) is 5.73 Å². The third-order valence-electron chi connectivity index (χ3n) is 2.49. The first-order valence-corrected chi connectivity index (χ1v) is 4.82. The maximum atomic E-state index is 5.42. The van der Waals surface area contributed by atoms with Crippen LogP contribution in [0.3, 0.4) is 0 Å². The molecule has 3 heteroatoms. The molecule has 0 aliphatic carbocycles. The Morgan fingerprint density at radius 2 is 2.33 bits per heavy atom. The molecule has 1 saturated heterocycles. The first-order valence-electron chi connectivity index (χ1n) is 4.82. The fourth-order valence-electron chi connectivity index (χ4n) is 1.67. The predicted molar refractivity (Wildman–Crippen MR) is 50.1 cm³/mol. The van der Waals surface area contributed by atoms with Gasteiger partial charge in [0.25, 0.3) is 0 Å². The van der Waals surface area contributed by atoms with E-state index in [-0.39, 0.29) is 0 Å². The molecular formula is C9H20N2O. The van der Waals surface area contributed by atoms with Crippen LogP contribution in [0.5, 0.6) is 0 Å². The summed E-state index contributed by atoms with van der Waals surface area (Å²) in [7, 11) is 1.80. The molecule has 0 saturated carbocycles. The van der Waals surface area contributed by atoms with Gasteiger partial charge in [0.15, 0.2) is 0 Å². The zero-order chi connectivity index (χ0) is 8.81. The van der Waals surface area contributed by atoms with Crippen LogP contribution in [0.2, 0.25) is 0 Å². The van der Waals surface area contributed by atoms with Crippen LogP contribution in [0, 0.1) is 0 Å². The highest BCUT2D eigenvalue weighted by atomic mass is 16.5. The lowest BCUT2D eigenvalue weighted by Crippen LogP contribution is -2.24. The number of hydrogen-bond acceptors (Lipinski definition) is 3. The summed E-state index contributed by atoms with van der Waals surface area (Å²) in [4.78, 5) is 2.46. The van der Waals surface area contributed by atoms with E-state index < -0.39 is 0 Å². The van der Waals surface area contributed by atoms with Crippen LogP contribution in [0.25, 0.3) is 0 Å². The highest BCUT2D eigenvalue weighted by Gasteiger charge is 2.20. The summed E-state index contributed by atoms with van der Waals surface area (Å²) in [6.45, 7) is 4.32. The molecule has 0 spiro atoms. The predicted octanol–water partition coefficient (Wildman–Crippen LogP) is 0.446. The number of rotatable bonds is 5. The molecule has 1 fully saturated rings. The molecule has 0 bridgehead atoms. The molecule has 0 aromatic carbocycles. The smallest absolute Gasteiger partial charge is 0.0710 e. The minimum Gasteiger partial charge on any atom is -0.380 e. The number of nitrogens with zero attached hydrogens (tertiary/aromatic N) is 1. The number of nitrogens with two attached hydrogens (primary N) is 1. The van der Waals surface area contributed by atoms with Crippen molar-refractivity contribution < 1.29 is 4.74 Å². The molecule has 0 amide bonds. The van der Waals surface area contributed by atoms with Gasteiger partial charge < -0.3 is 15.4 Å². The van der Waals surface area contributed by atoms with E-state index in [4.69, 9.17) is 10.5 Å². The van der Waals surface area contributed by atoms with E-state index in [1.54, 1.807) is 7.11 Å². The maximum absolute atomic E-state index is 5.42. The zero-order valence-corrected chi connectivity index (χ0v) is 7.96. The van der Waals surface area contributed by atoms with Crippen LogP contribution in [-0.2, 0) is 4.74 Å². The topological polar surface area (TPSA) is 38.5 Å². The van der Waals surface area contributed by atoms with Gasteiger partial charge in [-0.1, -0.05) is 0 Å². The van der Waals surface area contributed by atoms with E-state index in [9.17, 15) is 0 Å². The Morgan fingerprint density at radius 1 is 1.50 bits per heavy atom. The van der Waals surface area contributed by atoms with E-state index in [0.29, 0.717) is 6.10 Å². The quantitative estimate of drug-likeness (QED) is 0.612. The molecular weight excluding hydrogens is 152 g/mol. The Kier molecular flexibility index (Phi) is 4.58. The lowest BCUT2D eigenvalue weighted by atomic mass is 10.3. The molecule has 0 radical (unpaired) electrons. The van der Waals surface area contributed by atoms with Crippen LogP contribution in [0.4, 0.5) is 0 Å². The number of methoxy groups -OCH3 is 1. The van der Waals surface area contributed by atoms with Gasteiger partial charge in [-0.3, -0.25) is 0 Å². The highest BCUT2D eigenvalue weighted by molar-refractivity contribution is 4.75. The second-order valence-electron chi connectivity index (χ2n) is 3.44. The van der Waals surface area contributed by atoms with Crippen LogP contribution in [-0.4, -0.2) is 44.3 Å². The summed E-state index contributed by atoms with van der Waals surface area (Å²) in [5, 5.41) is 0. The number of unbranched alkanes of at least 4 members (excludes halogenated alkanes) is 1.